The largest absolute Gasteiger partial charge is 0.396 e. The van der Waals surface area contributed by atoms with Gasteiger partial charge in [-0.3, -0.25) is 0 Å². The fourth-order valence-corrected chi connectivity index (χ4v) is 1.34. The Labute approximate surface area is 81.4 Å². The van der Waals surface area contributed by atoms with Crippen LogP contribution in [0, 0.1) is 0 Å². The zero-order valence-electron chi connectivity index (χ0n) is 9.08. The molecule has 13 heavy (non-hydrogen) atoms. The van der Waals surface area contributed by atoms with Crippen LogP contribution in [0.15, 0.2) is 0 Å². The van der Waals surface area contributed by atoms with E-state index in [0.29, 0.717) is 6.54 Å². The Balaban J connectivity index is 3.63. The molecule has 0 bridgehead atoms. The molecule has 0 aliphatic rings. The van der Waals surface area contributed by atoms with E-state index >= 15 is 0 Å². The van der Waals surface area contributed by atoms with E-state index in [0.717, 1.165) is 25.9 Å². The van der Waals surface area contributed by atoms with Crippen LogP contribution < -0.4 is 0 Å². The van der Waals surface area contributed by atoms with Gasteiger partial charge in [-0.2, -0.15) is 0 Å². The molecule has 0 heterocycles. The van der Waals surface area contributed by atoms with Crippen LogP contribution >= 0.6 is 0 Å². The monoisotopic (exact) mass is 189 g/mol. The predicted molar refractivity (Wildman–Crippen MR) is 54.7 cm³/mol. The second-order valence-corrected chi connectivity index (χ2v) is 4.11. The van der Waals surface area contributed by atoms with Crippen molar-refractivity contribution < 1.29 is 10.2 Å². The zero-order chi connectivity index (χ0) is 10.3. The lowest BCUT2D eigenvalue weighted by Crippen LogP contribution is -2.39. The number of aliphatic hydroxyl groups excluding tert-OH is 1. The van der Waals surface area contributed by atoms with Crippen LogP contribution in [0.1, 0.15) is 33.6 Å². The maximum atomic E-state index is 9.58. The van der Waals surface area contributed by atoms with Crippen molar-refractivity contribution in [1.82, 2.24) is 4.90 Å². The van der Waals surface area contributed by atoms with Gasteiger partial charge in [0.2, 0.25) is 0 Å². The van der Waals surface area contributed by atoms with E-state index in [4.69, 9.17) is 5.11 Å². The number of unbranched alkanes of at least 4 members (excludes halogenated alkanes) is 1. The van der Waals surface area contributed by atoms with Crippen LogP contribution in [0.4, 0.5) is 0 Å². The third kappa shape index (κ3) is 8.22. The summed E-state index contributed by atoms with van der Waals surface area (Å²) in [6.07, 6.45) is 1.85. The highest BCUT2D eigenvalue weighted by Crippen LogP contribution is 2.05. The first kappa shape index (κ1) is 12.9. The summed E-state index contributed by atoms with van der Waals surface area (Å²) >= 11 is 0. The van der Waals surface area contributed by atoms with Gasteiger partial charge in [-0.05, 0) is 39.8 Å². The average molecular weight is 189 g/mol. The van der Waals surface area contributed by atoms with Crippen LogP contribution in [0.3, 0.4) is 0 Å². The smallest absolute Gasteiger partial charge is 0.0718 e. The lowest BCUT2D eigenvalue weighted by atomic mass is 10.1. The second kappa shape index (κ2) is 6.35. The van der Waals surface area contributed by atoms with Crippen LogP contribution in [-0.4, -0.2) is 47.0 Å². The summed E-state index contributed by atoms with van der Waals surface area (Å²) in [5.41, 5.74) is -0.616. The van der Waals surface area contributed by atoms with E-state index in [1.54, 1.807) is 0 Å². The first-order valence-electron chi connectivity index (χ1n) is 5.05. The van der Waals surface area contributed by atoms with E-state index in [2.05, 4.69) is 11.8 Å². The number of likely N-dealkylation sites (N-methyl/N-ethyl adjacent to an activating group) is 1. The van der Waals surface area contributed by atoms with Gasteiger partial charge in [-0.1, -0.05) is 6.92 Å². The van der Waals surface area contributed by atoms with Crippen molar-refractivity contribution >= 4 is 0 Å². The molecule has 0 radical (unpaired) electrons. The Morgan fingerprint density at radius 2 is 1.85 bits per heavy atom. The van der Waals surface area contributed by atoms with Crippen molar-refractivity contribution in [2.75, 3.05) is 26.2 Å². The standard InChI is InChI=1S/C10H23NO2/c1-4-11(7-5-6-8-12)9-10(2,3)13/h12-13H,4-9H2,1-3H3. The molecular weight excluding hydrogens is 166 g/mol. The summed E-state index contributed by atoms with van der Waals surface area (Å²) in [5, 5.41) is 18.2. The SMILES string of the molecule is CCN(CCCCO)CC(C)(C)O. The van der Waals surface area contributed by atoms with Gasteiger partial charge in [-0.15, -0.1) is 0 Å². The molecule has 0 aliphatic heterocycles. The third-order valence-electron chi connectivity index (χ3n) is 1.94. The quantitative estimate of drug-likeness (QED) is 0.584. The Morgan fingerprint density at radius 3 is 2.23 bits per heavy atom. The third-order valence-corrected chi connectivity index (χ3v) is 1.94. The van der Waals surface area contributed by atoms with Gasteiger partial charge in [-0.25, -0.2) is 0 Å². The minimum atomic E-state index is -0.616. The summed E-state index contributed by atoms with van der Waals surface area (Å²) in [6.45, 7) is 8.61. The summed E-state index contributed by atoms with van der Waals surface area (Å²) < 4.78 is 0. The van der Waals surface area contributed by atoms with Gasteiger partial charge in [0.05, 0.1) is 5.60 Å². The Bertz CT molecular complexity index is 121. The lowest BCUT2D eigenvalue weighted by molar-refractivity contribution is 0.0370. The average Bonchev–Trinajstić information content (AvgIpc) is 2.01. The second-order valence-electron chi connectivity index (χ2n) is 4.11. The first-order valence-corrected chi connectivity index (χ1v) is 5.05. The molecular formula is C10H23NO2. The molecule has 0 fully saturated rings. The van der Waals surface area contributed by atoms with Crippen LogP contribution in [0.2, 0.25) is 0 Å². The van der Waals surface area contributed by atoms with Gasteiger partial charge in [0.15, 0.2) is 0 Å². The van der Waals surface area contributed by atoms with Crippen LogP contribution in [0.5, 0.6) is 0 Å². The maximum Gasteiger partial charge on any atom is 0.0718 e. The molecule has 0 aromatic heterocycles. The van der Waals surface area contributed by atoms with Crippen LogP contribution in [0.25, 0.3) is 0 Å². The minimum absolute atomic E-state index is 0.264. The molecule has 0 saturated heterocycles. The van der Waals surface area contributed by atoms with Crippen molar-refractivity contribution in [3.63, 3.8) is 0 Å². The molecule has 80 valence electrons. The van der Waals surface area contributed by atoms with Crippen molar-refractivity contribution in [1.29, 1.82) is 0 Å². The number of rotatable bonds is 7. The molecule has 3 heteroatoms. The van der Waals surface area contributed by atoms with Crippen molar-refractivity contribution in [2.45, 2.75) is 39.2 Å². The van der Waals surface area contributed by atoms with Crippen molar-refractivity contribution in [2.24, 2.45) is 0 Å². The highest BCUT2D eigenvalue weighted by molar-refractivity contribution is 4.71. The number of hydrogen-bond acceptors (Lipinski definition) is 3. The van der Waals surface area contributed by atoms with Crippen LogP contribution in [-0.2, 0) is 0 Å². The zero-order valence-corrected chi connectivity index (χ0v) is 9.08. The normalized spacial score (nSPS) is 12.5. The first-order chi connectivity index (χ1) is 5.99. The topological polar surface area (TPSA) is 43.7 Å². The summed E-state index contributed by atoms with van der Waals surface area (Å²) in [7, 11) is 0. The van der Waals surface area contributed by atoms with E-state index in [-0.39, 0.29) is 6.61 Å². The van der Waals surface area contributed by atoms with Gasteiger partial charge >= 0.3 is 0 Å². The molecule has 0 atom stereocenters. The van der Waals surface area contributed by atoms with Gasteiger partial charge in [0.25, 0.3) is 0 Å². The highest BCUT2D eigenvalue weighted by Gasteiger charge is 2.16. The Hall–Kier alpha value is -0.120. The van der Waals surface area contributed by atoms with Crippen molar-refractivity contribution in [3.05, 3.63) is 0 Å². The molecule has 0 rings (SSSR count). The van der Waals surface area contributed by atoms with E-state index in [1.807, 2.05) is 13.8 Å². The summed E-state index contributed by atoms with van der Waals surface area (Å²) in [5.74, 6) is 0. The number of hydrogen-bond donors (Lipinski definition) is 2. The van der Waals surface area contributed by atoms with Gasteiger partial charge in [0.1, 0.15) is 0 Å². The van der Waals surface area contributed by atoms with Gasteiger partial charge < -0.3 is 15.1 Å². The van der Waals surface area contributed by atoms with E-state index in [1.165, 1.54) is 0 Å². The van der Waals surface area contributed by atoms with Gasteiger partial charge in [0, 0.05) is 13.2 Å². The molecule has 0 saturated carbocycles. The highest BCUT2D eigenvalue weighted by atomic mass is 16.3. The number of aliphatic hydroxyl groups is 2. The Morgan fingerprint density at radius 1 is 1.23 bits per heavy atom. The summed E-state index contributed by atoms with van der Waals surface area (Å²) in [6, 6.07) is 0. The molecule has 3 nitrogen and oxygen atoms in total. The molecule has 0 aliphatic carbocycles. The fourth-order valence-electron chi connectivity index (χ4n) is 1.34. The predicted octanol–water partition coefficient (Wildman–Crippen LogP) is 0.852. The van der Waals surface area contributed by atoms with E-state index in [9.17, 15) is 5.11 Å². The lowest BCUT2D eigenvalue weighted by Gasteiger charge is -2.27. The minimum Gasteiger partial charge on any atom is -0.396 e. The summed E-state index contributed by atoms with van der Waals surface area (Å²) in [4.78, 5) is 2.20. The van der Waals surface area contributed by atoms with E-state index < -0.39 is 5.60 Å². The maximum absolute atomic E-state index is 9.58. The van der Waals surface area contributed by atoms with Crippen molar-refractivity contribution in [3.8, 4) is 0 Å². The molecule has 0 unspecified atom stereocenters. The molecule has 0 aromatic rings. The fraction of sp³-hybridized carbons (Fsp3) is 1.00. The Kier molecular flexibility index (Phi) is 6.29. The molecule has 0 aromatic carbocycles. The molecule has 0 spiro atoms. The molecule has 0 amide bonds. The molecule has 2 N–H and O–H groups in total. The number of nitrogens with zero attached hydrogens (tertiary/aromatic N) is 1.